The van der Waals surface area contributed by atoms with Gasteiger partial charge in [0.15, 0.2) is 0 Å². The highest BCUT2D eigenvalue weighted by Crippen LogP contribution is 2.21. The number of nitrogens with zero attached hydrogens (tertiary/aromatic N) is 2. The highest BCUT2D eigenvalue weighted by atomic mass is 19.1. The molecule has 0 saturated heterocycles. The van der Waals surface area contributed by atoms with E-state index < -0.39 is 0 Å². The lowest BCUT2D eigenvalue weighted by Gasteiger charge is -2.24. The van der Waals surface area contributed by atoms with Crippen molar-refractivity contribution in [1.29, 1.82) is 0 Å². The van der Waals surface area contributed by atoms with Gasteiger partial charge in [-0.25, -0.2) is 15.2 Å². The molecule has 1 aromatic rings. The normalized spacial score (nSPS) is 17.3. The van der Waals surface area contributed by atoms with Gasteiger partial charge in [0.1, 0.15) is 5.82 Å². The number of guanidine groups is 1. The lowest BCUT2D eigenvalue weighted by atomic mass is 9.96. The predicted molar refractivity (Wildman–Crippen MR) is 76.4 cm³/mol. The van der Waals surface area contributed by atoms with E-state index in [2.05, 4.69) is 10.4 Å². The molecule has 1 aliphatic rings. The molecule has 0 unspecified atom stereocenters. The quantitative estimate of drug-likeness (QED) is 0.373. The van der Waals surface area contributed by atoms with E-state index in [1.807, 2.05) is 13.1 Å². The van der Waals surface area contributed by atoms with Crippen LogP contribution in [0, 0.1) is 5.82 Å². The molecule has 0 heterocycles. The van der Waals surface area contributed by atoms with E-state index in [-0.39, 0.29) is 5.82 Å². The Hall–Kier alpha value is -1.62. The number of halogens is 1. The van der Waals surface area contributed by atoms with Crippen molar-refractivity contribution in [3.63, 3.8) is 0 Å². The summed E-state index contributed by atoms with van der Waals surface area (Å²) >= 11 is 0. The summed E-state index contributed by atoms with van der Waals surface area (Å²) in [6.45, 7) is 0. The molecule has 5 heteroatoms. The average Bonchev–Trinajstić information content (AvgIpc) is 2.45. The second-order valence-corrected chi connectivity index (χ2v) is 4.93. The zero-order valence-corrected chi connectivity index (χ0v) is 11.3. The molecule has 0 atom stereocenters. The van der Waals surface area contributed by atoms with Crippen LogP contribution < -0.4 is 16.2 Å². The molecule has 1 aromatic carbocycles. The Kier molecular flexibility index (Phi) is 4.74. The number of hydrazine groups is 1. The second kappa shape index (κ2) is 6.52. The smallest absolute Gasteiger partial charge is 0.212 e. The maximum absolute atomic E-state index is 13.2. The van der Waals surface area contributed by atoms with Crippen molar-refractivity contribution in [2.75, 3.05) is 11.9 Å². The van der Waals surface area contributed by atoms with E-state index in [1.165, 1.54) is 31.4 Å². The van der Waals surface area contributed by atoms with Crippen LogP contribution >= 0.6 is 0 Å². The van der Waals surface area contributed by atoms with Gasteiger partial charge in [-0.05, 0) is 31.0 Å². The number of nitrogens with two attached hydrogens (primary N) is 1. The van der Waals surface area contributed by atoms with Gasteiger partial charge in [-0.3, -0.25) is 5.43 Å². The molecule has 19 heavy (non-hydrogen) atoms. The van der Waals surface area contributed by atoms with E-state index in [9.17, 15) is 4.39 Å². The molecule has 1 fully saturated rings. The summed E-state index contributed by atoms with van der Waals surface area (Å²) < 4.78 is 13.2. The Balaban J connectivity index is 2.13. The van der Waals surface area contributed by atoms with Crippen molar-refractivity contribution in [2.45, 2.75) is 38.1 Å². The largest absolute Gasteiger partial charge is 0.315 e. The van der Waals surface area contributed by atoms with Crippen molar-refractivity contribution in [2.24, 2.45) is 10.8 Å². The summed E-state index contributed by atoms with van der Waals surface area (Å²) in [5.74, 6) is 5.87. The third-order valence-electron chi connectivity index (χ3n) is 3.52. The predicted octanol–water partition coefficient (Wildman–Crippen LogP) is 2.41. The SMILES string of the molecule is CN(C(=NC1CCCCC1)NN)c1cccc(F)c1. The van der Waals surface area contributed by atoms with Crippen LogP contribution in [0.25, 0.3) is 0 Å². The van der Waals surface area contributed by atoms with Crippen LogP contribution in [-0.2, 0) is 0 Å². The van der Waals surface area contributed by atoms with E-state index >= 15 is 0 Å². The third-order valence-corrected chi connectivity index (χ3v) is 3.52. The number of aliphatic imine (C=N–C) groups is 1. The summed E-state index contributed by atoms with van der Waals surface area (Å²) in [6.07, 6.45) is 5.92. The Morgan fingerprint density at radius 3 is 2.74 bits per heavy atom. The van der Waals surface area contributed by atoms with Gasteiger partial charge < -0.3 is 4.90 Å². The Bertz CT molecular complexity index is 441. The number of benzene rings is 1. The Morgan fingerprint density at radius 1 is 1.37 bits per heavy atom. The summed E-state index contributed by atoms with van der Waals surface area (Å²) in [7, 11) is 1.83. The van der Waals surface area contributed by atoms with Crippen molar-refractivity contribution in [1.82, 2.24) is 5.43 Å². The summed E-state index contributed by atoms with van der Waals surface area (Å²) in [4.78, 5) is 6.42. The summed E-state index contributed by atoms with van der Waals surface area (Å²) in [5, 5.41) is 0. The molecular weight excluding hydrogens is 243 g/mol. The third kappa shape index (κ3) is 3.67. The number of hydrogen-bond acceptors (Lipinski definition) is 2. The topological polar surface area (TPSA) is 53.6 Å². The van der Waals surface area contributed by atoms with Crippen LogP contribution in [0.1, 0.15) is 32.1 Å². The minimum Gasteiger partial charge on any atom is -0.315 e. The van der Waals surface area contributed by atoms with Gasteiger partial charge in [0.25, 0.3) is 0 Å². The van der Waals surface area contributed by atoms with Crippen LogP contribution in [0.15, 0.2) is 29.3 Å². The van der Waals surface area contributed by atoms with Gasteiger partial charge in [-0.15, -0.1) is 0 Å². The van der Waals surface area contributed by atoms with E-state index in [1.54, 1.807) is 11.0 Å². The second-order valence-electron chi connectivity index (χ2n) is 4.93. The number of rotatable bonds is 2. The maximum atomic E-state index is 13.2. The van der Waals surface area contributed by atoms with Crippen molar-refractivity contribution in [3.05, 3.63) is 30.1 Å². The van der Waals surface area contributed by atoms with Crippen molar-refractivity contribution >= 4 is 11.6 Å². The van der Waals surface area contributed by atoms with Crippen LogP contribution in [-0.4, -0.2) is 19.0 Å². The number of hydrogen-bond donors (Lipinski definition) is 2. The fraction of sp³-hybridized carbons (Fsp3) is 0.500. The van der Waals surface area contributed by atoms with Crippen molar-refractivity contribution < 1.29 is 4.39 Å². The van der Waals surface area contributed by atoms with Crippen LogP contribution in [0.3, 0.4) is 0 Å². The van der Waals surface area contributed by atoms with E-state index in [0.29, 0.717) is 12.0 Å². The van der Waals surface area contributed by atoms with Crippen LogP contribution in [0.5, 0.6) is 0 Å². The van der Waals surface area contributed by atoms with Gasteiger partial charge in [-0.2, -0.15) is 0 Å². The molecule has 0 spiro atoms. The van der Waals surface area contributed by atoms with Crippen LogP contribution in [0.4, 0.5) is 10.1 Å². The standard InChI is InChI=1S/C14H21FN4/c1-19(13-9-5-6-11(15)10-13)14(18-16)17-12-7-3-2-4-8-12/h5-6,9-10,12H,2-4,7-8,16H2,1H3,(H,17,18). The molecule has 0 bridgehead atoms. The first kappa shape index (κ1) is 13.8. The minimum atomic E-state index is -0.265. The van der Waals surface area contributed by atoms with Gasteiger partial charge >= 0.3 is 0 Å². The number of nitrogens with one attached hydrogen (secondary N) is 1. The molecule has 4 nitrogen and oxygen atoms in total. The molecule has 0 aliphatic heterocycles. The van der Waals surface area contributed by atoms with Gasteiger partial charge in [-0.1, -0.05) is 25.3 Å². The highest BCUT2D eigenvalue weighted by molar-refractivity contribution is 5.95. The van der Waals surface area contributed by atoms with Crippen molar-refractivity contribution in [3.8, 4) is 0 Å². The van der Waals surface area contributed by atoms with Crippen LogP contribution in [0.2, 0.25) is 0 Å². The van der Waals surface area contributed by atoms with Gasteiger partial charge in [0, 0.05) is 12.7 Å². The zero-order chi connectivity index (χ0) is 13.7. The molecule has 2 rings (SSSR count). The first-order valence-corrected chi connectivity index (χ1v) is 6.74. The van der Waals surface area contributed by atoms with Gasteiger partial charge in [0.05, 0.1) is 6.04 Å². The Morgan fingerprint density at radius 2 is 2.11 bits per heavy atom. The average molecular weight is 264 g/mol. The van der Waals surface area contributed by atoms with Gasteiger partial charge in [0.2, 0.25) is 5.96 Å². The molecule has 0 amide bonds. The lowest BCUT2D eigenvalue weighted by molar-refractivity contribution is 0.442. The maximum Gasteiger partial charge on any atom is 0.212 e. The van der Waals surface area contributed by atoms with E-state index in [0.717, 1.165) is 18.5 Å². The molecule has 0 radical (unpaired) electrons. The monoisotopic (exact) mass is 264 g/mol. The molecule has 0 aromatic heterocycles. The highest BCUT2D eigenvalue weighted by Gasteiger charge is 2.15. The zero-order valence-electron chi connectivity index (χ0n) is 11.3. The Labute approximate surface area is 113 Å². The first-order chi connectivity index (χ1) is 9.20. The fourth-order valence-corrected chi connectivity index (χ4v) is 2.41. The summed E-state index contributed by atoms with van der Waals surface area (Å²) in [5.41, 5.74) is 3.35. The fourth-order valence-electron chi connectivity index (χ4n) is 2.41. The molecule has 1 aliphatic carbocycles. The minimum absolute atomic E-state index is 0.265. The molecular formula is C14H21FN4. The molecule has 1 saturated carbocycles. The molecule has 104 valence electrons. The number of anilines is 1. The lowest BCUT2D eigenvalue weighted by Crippen LogP contribution is -2.44. The summed E-state index contributed by atoms with van der Waals surface area (Å²) in [6, 6.07) is 6.71. The first-order valence-electron chi connectivity index (χ1n) is 6.74. The molecule has 3 N–H and O–H groups in total. The van der Waals surface area contributed by atoms with E-state index in [4.69, 9.17) is 5.84 Å².